The molecule has 0 saturated carbocycles. The van der Waals surface area contributed by atoms with Gasteiger partial charge < -0.3 is 19.9 Å². The molecule has 1 saturated heterocycles. The minimum atomic E-state index is -0.527. The quantitative estimate of drug-likeness (QED) is 0.717. The minimum Gasteiger partial charge on any atom is -0.496 e. The van der Waals surface area contributed by atoms with Gasteiger partial charge in [0.25, 0.3) is 11.8 Å². The van der Waals surface area contributed by atoms with Gasteiger partial charge in [-0.05, 0) is 36.8 Å². The average molecular weight is 462 g/mol. The molecule has 2 aromatic carbocycles. The Labute approximate surface area is 191 Å². The summed E-state index contributed by atoms with van der Waals surface area (Å²) in [5.41, 5.74) is 0.651. The van der Waals surface area contributed by atoms with E-state index in [2.05, 4.69) is 5.32 Å². The van der Waals surface area contributed by atoms with Crippen LogP contribution < -0.4 is 10.1 Å². The number of rotatable bonds is 6. The van der Waals surface area contributed by atoms with Crippen molar-refractivity contribution in [3.05, 3.63) is 64.4 Å². The molecule has 170 valence electrons. The molecule has 9 heteroatoms. The normalized spacial score (nSPS) is 14.0. The van der Waals surface area contributed by atoms with Gasteiger partial charge in [-0.3, -0.25) is 14.4 Å². The van der Waals surface area contributed by atoms with Crippen molar-refractivity contribution >= 4 is 29.3 Å². The fraction of sp³-hybridized carbons (Fsp3) is 0.348. The Kier molecular flexibility index (Phi) is 8.05. The molecule has 1 N–H and O–H groups in total. The second-order valence-corrected chi connectivity index (χ2v) is 7.76. The summed E-state index contributed by atoms with van der Waals surface area (Å²) in [6.45, 7) is 2.04. The summed E-state index contributed by atoms with van der Waals surface area (Å²) in [7, 11) is 1.53. The van der Waals surface area contributed by atoms with Crippen molar-refractivity contribution in [3.8, 4) is 5.75 Å². The van der Waals surface area contributed by atoms with Crippen LogP contribution in [0.15, 0.2) is 42.5 Å². The second-order valence-electron chi connectivity index (χ2n) is 7.36. The van der Waals surface area contributed by atoms with E-state index in [0.717, 1.165) is 12.1 Å². The molecule has 1 heterocycles. The Balaban J connectivity index is 1.50. The summed E-state index contributed by atoms with van der Waals surface area (Å²) >= 11 is 5.89. The van der Waals surface area contributed by atoms with Crippen LogP contribution in [-0.2, 0) is 4.79 Å². The maximum atomic E-state index is 13.1. The number of nitrogens with one attached hydrogen (secondary N) is 1. The zero-order valence-corrected chi connectivity index (χ0v) is 18.5. The lowest BCUT2D eigenvalue weighted by atomic mass is 10.1. The number of hydrogen-bond donors (Lipinski definition) is 1. The van der Waals surface area contributed by atoms with Gasteiger partial charge in [0, 0.05) is 39.1 Å². The molecular weight excluding hydrogens is 437 g/mol. The van der Waals surface area contributed by atoms with Crippen LogP contribution in [0, 0.1) is 5.82 Å². The van der Waals surface area contributed by atoms with E-state index in [4.69, 9.17) is 16.3 Å². The highest BCUT2D eigenvalue weighted by molar-refractivity contribution is 6.33. The Morgan fingerprint density at radius 1 is 1.03 bits per heavy atom. The molecule has 3 amide bonds. The number of nitrogens with zero attached hydrogens (tertiary/aromatic N) is 2. The largest absolute Gasteiger partial charge is 0.496 e. The van der Waals surface area contributed by atoms with Crippen molar-refractivity contribution in [2.45, 2.75) is 12.8 Å². The Morgan fingerprint density at radius 3 is 2.50 bits per heavy atom. The van der Waals surface area contributed by atoms with Gasteiger partial charge in [0.15, 0.2) is 0 Å². The van der Waals surface area contributed by atoms with E-state index in [9.17, 15) is 18.8 Å². The van der Waals surface area contributed by atoms with E-state index < -0.39 is 11.7 Å². The Hall–Kier alpha value is -3.13. The van der Waals surface area contributed by atoms with Gasteiger partial charge >= 0.3 is 0 Å². The number of carbonyl (C=O) groups is 3. The van der Waals surface area contributed by atoms with Gasteiger partial charge in [0.2, 0.25) is 5.91 Å². The molecule has 0 spiro atoms. The van der Waals surface area contributed by atoms with Crippen molar-refractivity contribution in [2.24, 2.45) is 0 Å². The van der Waals surface area contributed by atoms with E-state index in [0.29, 0.717) is 43.9 Å². The Bertz CT molecular complexity index is 1000. The third kappa shape index (κ3) is 5.76. The number of benzene rings is 2. The van der Waals surface area contributed by atoms with Crippen molar-refractivity contribution in [2.75, 3.05) is 39.8 Å². The maximum Gasteiger partial charge on any atom is 0.257 e. The highest BCUT2D eigenvalue weighted by Gasteiger charge is 2.24. The van der Waals surface area contributed by atoms with Crippen molar-refractivity contribution in [3.63, 3.8) is 0 Å². The second kappa shape index (κ2) is 10.9. The fourth-order valence-corrected chi connectivity index (χ4v) is 3.82. The lowest BCUT2D eigenvalue weighted by molar-refractivity contribution is -0.130. The number of para-hydroxylation sites is 1. The van der Waals surface area contributed by atoms with Crippen LogP contribution in [0.3, 0.4) is 0 Å². The van der Waals surface area contributed by atoms with Crippen LogP contribution in [0.5, 0.6) is 5.75 Å². The molecule has 32 heavy (non-hydrogen) atoms. The number of halogens is 2. The number of ether oxygens (including phenoxy) is 1. The SMILES string of the molecule is COc1ccccc1C(=O)N1CCCN(C(=O)CCNC(=O)c2ccc(F)cc2Cl)CC1. The third-order valence-electron chi connectivity index (χ3n) is 5.27. The summed E-state index contributed by atoms with van der Waals surface area (Å²) in [6.07, 6.45) is 0.773. The number of carbonyl (C=O) groups excluding carboxylic acids is 3. The lowest BCUT2D eigenvalue weighted by Crippen LogP contribution is -2.38. The molecule has 0 unspecified atom stereocenters. The first kappa shape index (κ1) is 23.5. The standard InChI is InChI=1S/C23H25ClFN3O4/c1-32-20-6-3-2-5-18(20)23(31)28-12-4-11-27(13-14-28)21(29)9-10-26-22(30)17-8-7-16(25)15-19(17)24/h2-3,5-8,15H,4,9-14H2,1H3,(H,26,30). The van der Waals surface area contributed by atoms with Gasteiger partial charge in [0.1, 0.15) is 11.6 Å². The predicted molar refractivity (Wildman–Crippen MR) is 118 cm³/mol. The molecule has 1 aliphatic rings. The van der Waals surface area contributed by atoms with E-state index in [-0.39, 0.29) is 35.4 Å². The van der Waals surface area contributed by atoms with Crippen LogP contribution in [0.4, 0.5) is 4.39 Å². The number of amides is 3. The van der Waals surface area contributed by atoms with E-state index in [1.54, 1.807) is 34.1 Å². The first-order valence-corrected chi connectivity index (χ1v) is 10.7. The highest BCUT2D eigenvalue weighted by atomic mass is 35.5. The Morgan fingerprint density at radius 2 is 1.75 bits per heavy atom. The molecule has 1 fully saturated rings. The number of hydrogen-bond acceptors (Lipinski definition) is 4. The van der Waals surface area contributed by atoms with Crippen LogP contribution in [0.1, 0.15) is 33.6 Å². The van der Waals surface area contributed by atoms with Gasteiger partial charge in [-0.1, -0.05) is 23.7 Å². The summed E-state index contributed by atoms with van der Waals surface area (Å²) < 4.78 is 18.4. The monoisotopic (exact) mass is 461 g/mol. The topological polar surface area (TPSA) is 79.0 Å². The first-order valence-electron chi connectivity index (χ1n) is 10.3. The maximum absolute atomic E-state index is 13.1. The van der Waals surface area contributed by atoms with Gasteiger partial charge in [-0.25, -0.2) is 4.39 Å². The first-order chi connectivity index (χ1) is 15.4. The number of methoxy groups -OCH3 is 1. The molecule has 3 rings (SSSR count). The molecule has 1 aliphatic heterocycles. The average Bonchev–Trinajstić information content (AvgIpc) is 3.04. The van der Waals surface area contributed by atoms with Crippen molar-refractivity contribution < 1.29 is 23.5 Å². The molecule has 0 aliphatic carbocycles. The third-order valence-corrected chi connectivity index (χ3v) is 5.59. The fourth-order valence-electron chi connectivity index (χ4n) is 3.57. The molecule has 0 bridgehead atoms. The van der Waals surface area contributed by atoms with Crippen molar-refractivity contribution in [1.29, 1.82) is 0 Å². The van der Waals surface area contributed by atoms with Crippen LogP contribution in [0.2, 0.25) is 5.02 Å². The van der Waals surface area contributed by atoms with E-state index >= 15 is 0 Å². The van der Waals surface area contributed by atoms with Crippen LogP contribution in [-0.4, -0.2) is 67.4 Å². The molecule has 0 aromatic heterocycles. The lowest BCUT2D eigenvalue weighted by Gasteiger charge is -2.23. The van der Waals surface area contributed by atoms with Crippen LogP contribution in [0.25, 0.3) is 0 Å². The van der Waals surface area contributed by atoms with Crippen molar-refractivity contribution in [1.82, 2.24) is 15.1 Å². The van der Waals surface area contributed by atoms with Crippen LogP contribution >= 0.6 is 11.6 Å². The molecule has 0 atom stereocenters. The summed E-state index contributed by atoms with van der Waals surface area (Å²) in [6, 6.07) is 10.6. The smallest absolute Gasteiger partial charge is 0.257 e. The van der Waals surface area contributed by atoms with Gasteiger partial charge in [-0.2, -0.15) is 0 Å². The molecule has 2 aromatic rings. The van der Waals surface area contributed by atoms with E-state index in [1.807, 2.05) is 0 Å². The van der Waals surface area contributed by atoms with Gasteiger partial charge in [0.05, 0.1) is 23.3 Å². The zero-order chi connectivity index (χ0) is 23.1. The minimum absolute atomic E-state index is 0.0150. The molecular formula is C23H25ClFN3O4. The summed E-state index contributed by atoms with van der Waals surface area (Å²) in [4.78, 5) is 41.1. The summed E-state index contributed by atoms with van der Waals surface area (Å²) in [5, 5.41) is 2.65. The summed E-state index contributed by atoms with van der Waals surface area (Å²) in [5.74, 6) is -0.706. The highest BCUT2D eigenvalue weighted by Crippen LogP contribution is 2.20. The zero-order valence-electron chi connectivity index (χ0n) is 17.8. The predicted octanol–water partition coefficient (Wildman–Crippen LogP) is 2.98. The molecule has 0 radical (unpaired) electrons. The van der Waals surface area contributed by atoms with E-state index in [1.165, 1.54) is 13.2 Å². The van der Waals surface area contributed by atoms with Gasteiger partial charge in [-0.15, -0.1) is 0 Å². The molecule has 7 nitrogen and oxygen atoms in total.